The second-order valence-electron chi connectivity index (χ2n) is 5.50. The minimum Gasteiger partial charge on any atom is -0.423 e. The summed E-state index contributed by atoms with van der Waals surface area (Å²) < 4.78 is 10.0. The zero-order valence-electron chi connectivity index (χ0n) is 14.5. The molecule has 1 rings (SSSR count). The molecule has 0 aliphatic heterocycles. The number of rotatable bonds is 9. The third-order valence-electron chi connectivity index (χ3n) is 3.21. The van der Waals surface area contributed by atoms with Gasteiger partial charge in [-0.05, 0) is 30.2 Å². The lowest BCUT2D eigenvalue weighted by Gasteiger charge is -2.09. The molecule has 0 aromatic heterocycles. The zero-order chi connectivity index (χ0) is 17.9. The highest BCUT2D eigenvalue weighted by Gasteiger charge is 2.10. The van der Waals surface area contributed by atoms with E-state index in [0.717, 1.165) is 25.7 Å². The Morgan fingerprint density at radius 1 is 0.958 bits per heavy atom. The van der Waals surface area contributed by atoms with Gasteiger partial charge in [-0.15, -0.1) is 0 Å². The number of benzene rings is 1. The highest BCUT2D eigenvalue weighted by molar-refractivity contribution is 5.93. The van der Waals surface area contributed by atoms with Gasteiger partial charge in [-0.3, -0.25) is 14.4 Å². The zero-order valence-corrected chi connectivity index (χ0v) is 14.5. The number of ketones is 1. The van der Waals surface area contributed by atoms with Gasteiger partial charge in [-0.25, -0.2) is 0 Å². The van der Waals surface area contributed by atoms with E-state index in [-0.39, 0.29) is 17.3 Å². The first-order chi connectivity index (χ1) is 11.4. The first-order valence-electron chi connectivity index (χ1n) is 8.14. The Morgan fingerprint density at radius 2 is 1.62 bits per heavy atom. The minimum absolute atomic E-state index is 0.0594. The monoisotopic (exact) mass is 332 g/mol. The molecule has 0 bridgehead atoms. The van der Waals surface area contributed by atoms with Crippen LogP contribution in [-0.2, 0) is 14.4 Å². The number of carbonyl (C=O) groups excluding carboxylic acids is 3. The van der Waals surface area contributed by atoms with Crippen LogP contribution in [0.4, 0.5) is 0 Å². The Bertz CT molecular complexity index is 616. The SMILES string of the molecule is CCCCCCC(=O)/C=C/c1ccc(OC(C)=O)c(OC(C)=O)c1. The second kappa shape index (κ2) is 10.4. The van der Waals surface area contributed by atoms with Crippen molar-refractivity contribution in [3.05, 3.63) is 29.8 Å². The van der Waals surface area contributed by atoms with Crippen molar-refractivity contribution in [1.82, 2.24) is 0 Å². The standard InChI is InChI=1S/C19H24O5/c1-4-5-6-7-8-17(22)11-9-16-10-12-18(23-14(2)20)19(13-16)24-15(3)21/h9-13H,4-8H2,1-3H3/b11-9+. The Kier molecular flexibility index (Phi) is 8.47. The van der Waals surface area contributed by atoms with Crippen molar-refractivity contribution in [2.45, 2.75) is 52.9 Å². The largest absolute Gasteiger partial charge is 0.423 e. The average molecular weight is 332 g/mol. The van der Waals surface area contributed by atoms with Crippen LogP contribution in [0.1, 0.15) is 58.4 Å². The smallest absolute Gasteiger partial charge is 0.308 e. The van der Waals surface area contributed by atoms with Crippen molar-refractivity contribution < 1.29 is 23.9 Å². The third kappa shape index (κ3) is 7.72. The molecule has 5 heteroatoms. The Hall–Kier alpha value is -2.43. The average Bonchev–Trinajstić information content (AvgIpc) is 2.51. The third-order valence-corrected chi connectivity index (χ3v) is 3.21. The second-order valence-corrected chi connectivity index (χ2v) is 5.50. The quantitative estimate of drug-likeness (QED) is 0.295. The van der Waals surface area contributed by atoms with Crippen LogP contribution in [0.5, 0.6) is 11.5 Å². The maximum Gasteiger partial charge on any atom is 0.308 e. The van der Waals surface area contributed by atoms with Crippen LogP contribution in [0.25, 0.3) is 6.08 Å². The normalized spacial score (nSPS) is 10.6. The number of hydrogen-bond acceptors (Lipinski definition) is 5. The fourth-order valence-electron chi connectivity index (χ4n) is 2.10. The van der Waals surface area contributed by atoms with Crippen LogP contribution in [0, 0.1) is 0 Å². The van der Waals surface area contributed by atoms with Crippen molar-refractivity contribution in [2.24, 2.45) is 0 Å². The molecule has 0 spiro atoms. The highest BCUT2D eigenvalue weighted by Crippen LogP contribution is 2.29. The lowest BCUT2D eigenvalue weighted by atomic mass is 10.1. The van der Waals surface area contributed by atoms with Crippen LogP contribution in [0.15, 0.2) is 24.3 Å². The number of esters is 2. The molecule has 0 radical (unpaired) electrons. The van der Waals surface area contributed by atoms with Gasteiger partial charge in [0.1, 0.15) is 0 Å². The summed E-state index contributed by atoms with van der Waals surface area (Å²) in [5.41, 5.74) is 0.684. The maximum absolute atomic E-state index is 11.8. The van der Waals surface area contributed by atoms with E-state index in [1.165, 1.54) is 26.0 Å². The molecule has 0 N–H and O–H groups in total. The van der Waals surface area contributed by atoms with Crippen molar-refractivity contribution in [3.8, 4) is 11.5 Å². The molecule has 0 unspecified atom stereocenters. The lowest BCUT2D eigenvalue weighted by Crippen LogP contribution is -2.07. The number of unbranched alkanes of at least 4 members (excludes halogenated alkanes) is 3. The van der Waals surface area contributed by atoms with Gasteiger partial charge in [0.15, 0.2) is 17.3 Å². The fraction of sp³-hybridized carbons (Fsp3) is 0.421. The summed E-state index contributed by atoms with van der Waals surface area (Å²) in [5.74, 6) is -0.648. The van der Waals surface area contributed by atoms with Gasteiger partial charge in [-0.1, -0.05) is 38.3 Å². The van der Waals surface area contributed by atoms with Gasteiger partial charge in [0.25, 0.3) is 0 Å². The van der Waals surface area contributed by atoms with Gasteiger partial charge in [0, 0.05) is 20.3 Å². The molecule has 0 atom stereocenters. The summed E-state index contributed by atoms with van der Waals surface area (Å²) in [6.45, 7) is 4.66. The van der Waals surface area contributed by atoms with E-state index in [9.17, 15) is 14.4 Å². The lowest BCUT2D eigenvalue weighted by molar-refractivity contribution is -0.134. The predicted octanol–water partition coefficient (Wildman–Crippen LogP) is 4.09. The molecular formula is C19H24O5. The van der Waals surface area contributed by atoms with Crippen molar-refractivity contribution in [1.29, 1.82) is 0 Å². The van der Waals surface area contributed by atoms with E-state index in [0.29, 0.717) is 12.0 Å². The first kappa shape index (κ1) is 19.6. The van der Waals surface area contributed by atoms with Gasteiger partial charge < -0.3 is 9.47 Å². The molecule has 0 aliphatic rings. The molecular weight excluding hydrogens is 308 g/mol. The van der Waals surface area contributed by atoms with Gasteiger partial charge in [0.2, 0.25) is 0 Å². The number of ether oxygens (including phenoxy) is 2. The molecule has 0 saturated carbocycles. The molecule has 5 nitrogen and oxygen atoms in total. The van der Waals surface area contributed by atoms with Crippen LogP contribution < -0.4 is 9.47 Å². The van der Waals surface area contributed by atoms with Crippen LogP contribution in [-0.4, -0.2) is 17.7 Å². The number of carbonyl (C=O) groups is 3. The Morgan fingerprint density at radius 3 is 2.25 bits per heavy atom. The van der Waals surface area contributed by atoms with Gasteiger partial charge in [0.05, 0.1) is 0 Å². The number of allylic oxidation sites excluding steroid dienone is 1. The molecule has 0 saturated heterocycles. The maximum atomic E-state index is 11.8. The van der Waals surface area contributed by atoms with E-state index in [4.69, 9.17) is 9.47 Å². The van der Waals surface area contributed by atoms with E-state index in [1.807, 2.05) is 0 Å². The van der Waals surface area contributed by atoms with Crippen molar-refractivity contribution in [2.75, 3.05) is 0 Å². The molecule has 0 fully saturated rings. The Labute approximate surface area is 142 Å². The molecule has 1 aromatic rings. The molecule has 0 amide bonds. The summed E-state index contributed by atoms with van der Waals surface area (Å²) in [6, 6.07) is 4.78. The van der Waals surface area contributed by atoms with E-state index < -0.39 is 11.9 Å². The summed E-state index contributed by atoms with van der Waals surface area (Å²) in [5, 5.41) is 0. The predicted molar refractivity (Wildman–Crippen MR) is 91.9 cm³/mol. The molecule has 0 heterocycles. The van der Waals surface area contributed by atoms with Crippen LogP contribution >= 0.6 is 0 Å². The van der Waals surface area contributed by atoms with Gasteiger partial charge in [-0.2, -0.15) is 0 Å². The van der Waals surface area contributed by atoms with Crippen LogP contribution in [0.3, 0.4) is 0 Å². The first-order valence-corrected chi connectivity index (χ1v) is 8.14. The molecule has 1 aromatic carbocycles. The molecule has 130 valence electrons. The minimum atomic E-state index is -0.517. The summed E-state index contributed by atoms with van der Waals surface area (Å²) >= 11 is 0. The van der Waals surface area contributed by atoms with Crippen molar-refractivity contribution in [3.63, 3.8) is 0 Å². The summed E-state index contributed by atoms with van der Waals surface area (Å²) in [6.07, 6.45) is 7.93. The Balaban J connectivity index is 2.77. The summed E-state index contributed by atoms with van der Waals surface area (Å²) in [4.78, 5) is 34.1. The highest BCUT2D eigenvalue weighted by atomic mass is 16.6. The van der Waals surface area contributed by atoms with E-state index in [1.54, 1.807) is 18.2 Å². The number of hydrogen-bond donors (Lipinski definition) is 0. The van der Waals surface area contributed by atoms with E-state index in [2.05, 4.69) is 6.92 Å². The van der Waals surface area contributed by atoms with Crippen molar-refractivity contribution >= 4 is 23.8 Å². The molecule has 24 heavy (non-hydrogen) atoms. The summed E-state index contributed by atoms with van der Waals surface area (Å²) in [7, 11) is 0. The van der Waals surface area contributed by atoms with E-state index >= 15 is 0 Å². The van der Waals surface area contributed by atoms with Gasteiger partial charge >= 0.3 is 11.9 Å². The fourth-order valence-corrected chi connectivity index (χ4v) is 2.10. The topological polar surface area (TPSA) is 69.7 Å². The van der Waals surface area contributed by atoms with Crippen LogP contribution in [0.2, 0.25) is 0 Å². The molecule has 0 aliphatic carbocycles.